The zero-order chi connectivity index (χ0) is 22.4. The first kappa shape index (κ1) is 19.7. The molecule has 0 bridgehead atoms. The Hall–Kier alpha value is -3.96. The van der Waals surface area contributed by atoms with Gasteiger partial charge in [0.15, 0.2) is 0 Å². The summed E-state index contributed by atoms with van der Waals surface area (Å²) in [5, 5.41) is 4.49. The SMILES string of the molecule is Cc1ccc2nc(-c3ccc(N[C@@]4(c5ccccc5)OC(=O)c5ccccc54)cc3)sc2c1. The van der Waals surface area contributed by atoms with E-state index in [0.29, 0.717) is 5.56 Å². The van der Waals surface area contributed by atoms with Crippen molar-refractivity contribution in [2.24, 2.45) is 0 Å². The van der Waals surface area contributed by atoms with Crippen LogP contribution in [-0.4, -0.2) is 11.0 Å². The van der Waals surface area contributed by atoms with Crippen molar-refractivity contribution in [2.45, 2.75) is 12.6 Å². The summed E-state index contributed by atoms with van der Waals surface area (Å²) in [7, 11) is 0. The van der Waals surface area contributed by atoms with Crippen LogP contribution in [0.4, 0.5) is 5.69 Å². The lowest BCUT2D eigenvalue weighted by molar-refractivity contribution is 0.0212. The smallest absolute Gasteiger partial charge is 0.341 e. The third kappa shape index (κ3) is 3.29. The average Bonchev–Trinajstić information content (AvgIpc) is 3.39. The zero-order valence-electron chi connectivity index (χ0n) is 17.9. The Morgan fingerprint density at radius 3 is 2.45 bits per heavy atom. The number of hydrogen-bond acceptors (Lipinski definition) is 5. The lowest BCUT2D eigenvalue weighted by Gasteiger charge is -2.31. The lowest BCUT2D eigenvalue weighted by atomic mass is 9.92. The molecule has 0 saturated heterocycles. The highest BCUT2D eigenvalue weighted by Gasteiger charge is 2.47. The molecule has 0 radical (unpaired) electrons. The Balaban J connectivity index is 1.38. The molecule has 4 nitrogen and oxygen atoms in total. The van der Waals surface area contributed by atoms with E-state index in [2.05, 4.69) is 30.4 Å². The maximum absolute atomic E-state index is 12.7. The first-order valence-corrected chi connectivity index (χ1v) is 11.6. The number of hydrogen-bond donors (Lipinski definition) is 1. The summed E-state index contributed by atoms with van der Waals surface area (Å²) >= 11 is 1.69. The minimum Gasteiger partial charge on any atom is -0.427 e. The Morgan fingerprint density at radius 2 is 1.64 bits per heavy atom. The van der Waals surface area contributed by atoms with Crippen molar-refractivity contribution in [2.75, 3.05) is 5.32 Å². The number of nitrogens with one attached hydrogen (secondary N) is 1. The van der Waals surface area contributed by atoms with Gasteiger partial charge in [-0.1, -0.05) is 54.6 Å². The third-order valence-electron chi connectivity index (χ3n) is 5.95. The highest BCUT2D eigenvalue weighted by Crippen LogP contribution is 2.42. The maximum atomic E-state index is 12.7. The van der Waals surface area contributed by atoms with Gasteiger partial charge in [0.05, 0.1) is 15.8 Å². The Morgan fingerprint density at radius 1 is 0.879 bits per heavy atom. The fourth-order valence-corrected chi connectivity index (χ4v) is 5.39. The van der Waals surface area contributed by atoms with Crippen LogP contribution in [0.3, 0.4) is 0 Å². The number of thiazole rings is 1. The molecule has 0 aliphatic carbocycles. The van der Waals surface area contributed by atoms with Crippen LogP contribution in [0.5, 0.6) is 0 Å². The normalized spacial score (nSPS) is 17.1. The van der Waals surface area contributed by atoms with Crippen LogP contribution in [0.15, 0.2) is 97.1 Å². The molecule has 1 aliphatic rings. The molecule has 5 aromatic rings. The topological polar surface area (TPSA) is 51.2 Å². The van der Waals surface area contributed by atoms with Crippen molar-refractivity contribution in [3.8, 4) is 10.6 Å². The van der Waals surface area contributed by atoms with Gasteiger partial charge in [0.1, 0.15) is 5.01 Å². The minimum atomic E-state index is -1.08. The number of rotatable bonds is 4. The molecule has 1 atom stereocenters. The molecule has 0 unspecified atom stereocenters. The van der Waals surface area contributed by atoms with Gasteiger partial charge in [-0.05, 0) is 55.0 Å². The number of aromatic nitrogens is 1. The number of anilines is 1. The lowest BCUT2D eigenvalue weighted by Crippen LogP contribution is -2.36. The monoisotopic (exact) mass is 448 g/mol. The summed E-state index contributed by atoms with van der Waals surface area (Å²) in [6.07, 6.45) is 0. The van der Waals surface area contributed by atoms with E-state index in [-0.39, 0.29) is 5.97 Å². The van der Waals surface area contributed by atoms with Crippen molar-refractivity contribution in [3.05, 3.63) is 119 Å². The number of benzene rings is 4. The molecular formula is C28H20N2O2S. The number of aryl methyl sites for hydroxylation is 1. The van der Waals surface area contributed by atoms with Crippen molar-refractivity contribution < 1.29 is 9.53 Å². The Kier molecular flexibility index (Phi) is 4.52. The van der Waals surface area contributed by atoms with Crippen LogP contribution in [-0.2, 0) is 10.5 Å². The van der Waals surface area contributed by atoms with Gasteiger partial charge in [-0.25, -0.2) is 9.78 Å². The van der Waals surface area contributed by atoms with Crippen LogP contribution in [0.2, 0.25) is 0 Å². The number of carbonyl (C=O) groups excluding carboxylic acids is 1. The van der Waals surface area contributed by atoms with Gasteiger partial charge in [-0.3, -0.25) is 0 Å². The van der Waals surface area contributed by atoms with Crippen molar-refractivity contribution >= 4 is 33.2 Å². The maximum Gasteiger partial charge on any atom is 0.341 e. The van der Waals surface area contributed by atoms with Crippen LogP contribution < -0.4 is 5.32 Å². The number of carbonyl (C=O) groups is 1. The van der Waals surface area contributed by atoms with E-state index in [1.165, 1.54) is 10.3 Å². The molecular weight excluding hydrogens is 428 g/mol. The van der Waals surface area contributed by atoms with E-state index in [0.717, 1.165) is 32.9 Å². The van der Waals surface area contributed by atoms with Gasteiger partial charge in [-0.2, -0.15) is 0 Å². The van der Waals surface area contributed by atoms with Gasteiger partial charge in [0.25, 0.3) is 0 Å². The summed E-state index contributed by atoms with van der Waals surface area (Å²) in [5.41, 5.74) is 5.33. The summed E-state index contributed by atoms with van der Waals surface area (Å²) in [4.78, 5) is 17.5. The van der Waals surface area contributed by atoms with Crippen LogP contribution in [0.1, 0.15) is 27.0 Å². The molecule has 5 heteroatoms. The van der Waals surface area contributed by atoms with Gasteiger partial charge in [0.2, 0.25) is 5.72 Å². The number of nitrogens with zero attached hydrogens (tertiary/aromatic N) is 1. The molecule has 6 rings (SSSR count). The first-order valence-electron chi connectivity index (χ1n) is 10.8. The molecule has 1 aliphatic heterocycles. The molecule has 0 fully saturated rings. The molecule has 1 N–H and O–H groups in total. The molecule has 0 saturated carbocycles. The summed E-state index contributed by atoms with van der Waals surface area (Å²) in [6, 6.07) is 31.8. The fourth-order valence-electron chi connectivity index (χ4n) is 4.32. The van der Waals surface area contributed by atoms with E-state index < -0.39 is 5.72 Å². The summed E-state index contributed by atoms with van der Waals surface area (Å²) < 4.78 is 7.20. The third-order valence-corrected chi connectivity index (χ3v) is 7.02. The highest BCUT2D eigenvalue weighted by atomic mass is 32.1. The van der Waals surface area contributed by atoms with Crippen molar-refractivity contribution in [3.63, 3.8) is 0 Å². The molecule has 2 heterocycles. The van der Waals surface area contributed by atoms with Gasteiger partial charge in [0, 0.05) is 22.4 Å². The quantitative estimate of drug-likeness (QED) is 0.309. The van der Waals surface area contributed by atoms with E-state index in [1.54, 1.807) is 11.3 Å². The standard InChI is InChI=1S/C28H20N2O2S/c1-18-11-16-24-25(17-18)33-26(29-24)19-12-14-21(15-13-19)30-28(20-7-3-2-4-8-20)23-10-6-5-9-22(23)27(31)32-28/h2-17,30H,1H3/t28-/m0/s1. The second-order valence-electron chi connectivity index (χ2n) is 8.17. The molecule has 0 amide bonds. The van der Waals surface area contributed by atoms with Gasteiger partial charge >= 0.3 is 5.97 Å². The first-order chi connectivity index (χ1) is 16.1. The van der Waals surface area contributed by atoms with Crippen molar-refractivity contribution in [1.82, 2.24) is 4.98 Å². The summed E-state index contributed by atoms with van der Waals surface area (Å²) in [6.45, 7) is 2.09. The molecule has 1 aromatic heterocycles. The predicted octanol–water partition coefficient (Wildman–Crippen LogP) is 6.76. The number of fused-ring (bicyclic) bond motifs is 2. The predicted molar refractivity (Wildman–Crippen MR) is 132 cm³/mol. The Labute approximate surface area is 195 Å². The van der Waals surface area contributed by atoms with Crippen LogP contribution in [0, 0.1) is 6.92 Å². The number of esters is 1. The highest BCUT2D eigenvalue weighted by molar-refractivity contribution is 7.21. The zero-order valence-corrected chi connectivity index (χ0v) is 18.7. The van der Waals surface area contributed by atoms with E-state index in [4.69, 9.17) is 9.72 Å². The van der Waals surface area contributed by atoms with Gasteiger partial charge in [-0.15, -0.1) is 11.3 Å². The molecule has 0 spiro atoms. The summed E-state index contributed by atoms with van der Waals surface area (Å²) in [5.74, 6) is -0.330. The van der Waals surface area contributed by atoms with Crippen molar-refractivity contribution in [1.29, 1.82) is 0 Å². The minimum absolute atomic E-state index is 0.330. The van der Waals surface area contributed by atoms with Crippen LogP contribution in [0.25, 0.3) is 20.8 Å². The second-order valence-corrected chi connectivity index (χ2v) is 9.21. The molecule has 160 valence electrons. The molecule has 4 aromatic carbocycles. The van der Waals surface area contributed by atoms with Gasteiger partial charge < -0.3 is 10.1 Å². The molecule has 33 heavy (non-hydrogen) atoms. The second kappa shape index (κ2) is 7.57. The number of cyclic esters (lactones) is 1. The average molecular weight is 449 g/mol. The fraction of sp³-hybridized carbons (Fsp3) is 0.0714. The number of ether oxygens (including phenoxy) is 1. The van der Waals surface area contributed by atoms with E-state index in [1.807, 2.05) is 78.9 Å². The largest absolute Gasteiger partial charge is 0.427 e. The van der Waals surface area contributed by atoms with E-state index >= 15 is 0 Å². The van der Waals surface area contributed by atoms with Crippen LogP contribution >= 0.6 is 11.3 Å². The van der Waals surface area contributed by atoms with E-state index in [9.17, 15) is 4.79 Å². The Bertz CT molecular complexity index is 1490.